The standard InChI is InChI=1S/C17H23BrN2O3/c1-10-13(18)7-8-14(19)15(10)16(21)20-9-11-3-5-12(6-4-11)17(22)23-2/h7-8,11-12H,3-6,9,19H2,1-2H3,(H,20,21)/t11-,12-. The first-order valence-corrected chi connectivity index (χ1v) is 8.64. The van der Waals surface area contributed by atoms with Crippen molar-refractivity contribution in [3.8, 4) is 0 Å². The third-order valence-corrected chi connectivity index (χ3v) is 5.45. The summed E-state index contributed by atoms with van der Waals surface area (Å²) in [4.78, 5) is 23.9. The third kappa shape index (κ3) is 4.25. The molecule has 0 bridgehead atoms. The van der Waals surface area contributed by atoms with Crippen LogP contribution in [0.25, 0.3) is 0 Å². The highest BCUT2D eigenvalue weighted by molar-refractivity contribution is 9.10. The number of hydrogen-bond acceptors (Lipinski definition) is 4. The number of halogens is 1. The average molecular weight is 383 g/mol. The average Bonchev–Trinajstić information content (AvgIpc) is 2.56. The van der Waals surface area contributed by atoms with E-state index < -0.39 is 0 Å². The van der Waals surface area contributed by atoms with Crippen LogP contribution in [0.2, 0.25) is 0 Å². The predicted octanol–water partition coefficient (Wildman–Crippen LogP) is 3.05. The van der Waals surface area contributed by atoms with Gasteiger partial charge in [-0.25, -0.2) is 0 Å². The van der Waals surface area contributed by atoms with E-state index in [1.807, 2.05) is 13.0 Å². The van der Waals surface area contributed by atoms with E-state index in [0.717, 1.165) is 35.7 Å². The molecular formula is C17H23BrN2O3. The number of rotatable bonds is 4. The molecule has 1 aliphatic rings. The molecule has 126 valence electrons. The maximum atomic E-state index is 12.4. The summed E-state index contributed by atoms with van der Waals surface area (Å²) in [6.45, 7) is 2.48. The molecule has 1 aromatic rings. The number of carbonyl (C=O) groups excluding carboxylic acids is 2. The van der Waals surface area contributed by atoms with E-state index in [2.05, 4.69) is 21.2 Å². The normalized spacial score (nSPS) is 20.8. The highest BCUT2D eigenvalue weighted by atomic mass is 79.9. The lowest BCUT2D eigenvalue weighted by atomic mass is 9.82. The van der Waals surface area contributed by atoms with Gasteiger partial charge >= 0.3 is 5.97 Å². The number of nitrogens with two attached hydrogens (primary N) is 1. The van der Waals surface area contributed by atoms with Crippen LogP contribution in [0.3, 0.4) is 0 Å². The molecule has 0 radical (unpaired) electrons. The second-order valence-electron chi connectivity index (χ2n) is 6.09. The molecular weight excluding hydrogens is 360 g/mol. The van der Waals surface area contributed by atoms with E-state index in [-0.39, 0.29) is 17.8 Å². The van der Waals surface area contributed by atoms with Crippen molar-refractivity contribution in [3.63, 3.8) is 0 Å². The minimum atomic E-state index is -0.142. The summed E-state index contributed by atoms with van der Waals surface area (Å²) in [5.74, 6) is 0.143. The van der Waals surface area contributed by atoms with Gasteiger partial charge in [0.25, 0.3) is 5.91 Å². The van der Waals surface area contributed by atoms with Gasteiger partial charge in [-0.3, -0.25) is 9.59 Å². The maximum absolute atomic E-state index is 12.4. The number of nitrogen functional groups attached to an aromatic ring is 1. The summed E-state index contributed by atoms with van der Waals surface area (Å²) in [6, 6.07) is 3.57. The minimum Gasteiger partial charge on any atom is -0.469 e. The van der Waals surface area contributed by atoms with E-state index >= 15 is 0 Å². The van der Waals surface area contributed by atoms with Crippen LogP contribution in [-0.4, -0.2) is 25.5 Å². The molecule has 0 atom stereocenters. The molecule has 0 unspecified atom stereocenters. The number of carbonyl (C=O) groups is 2. The Kier molecular flexibility index (Phi) is 6.04. The minimum absolute atomic E-state index is 0.00918. The zero-order chi connectivity index (χ0) is 17.0. The number of amides is 1. The summed E-state index contributed by atoms with van der Waals surface area (Å²) in [6.07, 6.45) is 3.50. The van der Waals surface area contributed by atoms with E-state index in [4.69, 9.17) is 10.5 Å². The molecule has 23 heavy (non-hydrogen) atoms. The van der Waals surface area contributed by atoms with Crippen molar-refractivity contribution < 1.29 is 14.3 Å². The predicted molar refractivity (Wildman–Crippen MR) is 93.1 cm³/mol. The lowest BCUT2D eigenvalue weighted by molar-refractivity contribution is -0.146. The van der Waals surface area contributed by atoms with Gasteiger partial charge in [0, 0.05) is 16.7 Å². The first-order chi connectivity index (χ1) is 10.9. The van der Waals surface area contributed by atoms with Gasteiger partial charge in [-0.15, -0.1) is 0 Å². The smallest absolute Gasteiger partial charge is 0.308 e. The second kappa shape index (κ2) is 7.81. The monoisotopic (exact) mass is 382 g/mol. The largest absolute Gasteiger partial charge is 0.469 e. The molecule has 1 saturated carbocycles. The summed E-state index contributed by atoms with van der Waals surface area (Å²) < 4.78 is 5.66. The summed E-state index contributed by atoms with van der Waals surface area (Å²) in [5.41, 5.74) is 7.79. The molecule has 0 heterocycles. The molecule has 1 aliphatic carbocycles. The van der Waals surface area contributed by atoms with E-state index in [1.54, 1.807) is 6.07 Å². The molecule has 1 fully saturated rings. The topological polar surface area (TPSA) is 81.4 Å². The van der Waals surface area contributed by atoms with Crippen LogP contribution in [0.1, 0.15) is 41.6 Å². The number of ether oxygens (including phenoxy) is 1. The van der Waals surface area contributed by atoms with Crippen LogP contribution in [0.4, 0.5) is 5.69 Å². The quantitative estimate of drug-likeness (QED) is 0.619. The molecule has 3 N–H and O–H groups in total. The van der Waals surface area contributed by atoms with Gasteiger partial charge in [0.1, 0.15) is 0 Å². The lowest BCUT2D eigenvalue weighted by Gasteiger charge is -2.27. The molecule has 0 aliphatic heterocycles. The molecule has 0 aromatic heterocycles. The van der Waals surface area contributed by atoms with Gasteiger partial charge in [0.15, 0.2) is 0 Å². The van der Waals surface area contributed by atoms with Gasteiger partial charge in [0.2, 0.25) is 0 Å². The third-order valence-electron chi connectivity index (χ3n) is 4.59. The van der Waals surface area contributed by atoms with Crippen molar-refractivity contribution in [1.29, 1.82) is 0 Å². The van der Waals surface area contributed by atoms with Crippen molar-refractivity contribution in [2.45, 2.75) is 32.6 Å². The summed E-state index contributed by atoms with van der Waals surface area (Å²) in [7, 11) is 1.43. The molecule has 1 amide bonds. The Balaban J connectivity index is 1.89. The molecule has 1 aromatic carbocycles. The molecule has 5 nitrogen and oxygen atoms in total. The van der Waals surface area contributed by atoms with Crippen LogP contribution in [-0.2, 0) is 9.53 Å². The highest BCUT2D eigenvalue weighted by Crippen LogP contribution is 2.29. The van der Waals surface area contributed by atoms with Crippen molar-refractivity contribution in [2.24, 2.45) is 11.8 Å². The Morgan fingerprint density at radius 2 is 1.96 bits per heavy atom. The van der Waals surface area contributed by atoms with Crippen LogP contribution in [0, 0.1) is 18.8 Å². The van der Waals surface area contributed by atoms with Crippen LogP contribution >= 0.6 is 15.9 Å². The first-order valence-electron chi connectivity index (χ1n) is 7.84. The van der Waals surface area contributed by atoms with Crippen LogP contribution < -0.4 is 11.1 Å². The number of anilines is 1. The van der Waals surface area contributed by atoms with Crippen molar-refractivity contribution in [3.05, 3.63) is 27.7 Å². The van der Waals surface area contributed by atoms with Gasteiger partial charge in [-0.2, -0.15) is 0 Å². The zero-order valence-electron chi connectivity index (χ0n) is 13.5. The first kappa shape index (κ1) is 17.8. The Labute approximate surface area is 145 Å². The number of nitrogens with one attached hydrogen (secondary N) is 1. The summed E-state index contributed by atoms with van der Waals surface area (Å²) in [5, 5.41) is 2.98. The number of methoxy groups -OCH3 is 1. The Morgan fingerprint density at radius 3 is 2.57 bits per heavy atom. The van der Waals surface area contributed by atoms with Crippen molar-refractivity contribution in [2.75, 3.05) is 19.4 Å². The van der Waals surface area contributed by atoms with Crippen LogP contribution in [0.15, 0.2) is 16.6 Å². The highest BCUT2D eigenvalue weighted by Gasteiger charge is 2.27. The fourth-order valence-corrected chi connectivity index (χ4v) is 3.43. The van der Waals surface area contributed by atoms with E-state index in [0.29, 0.717) is 23.7 Å². The van der Waals surface area contributed by atoms with Crippen molar-refractivity contribution >= 4 is 33.5 Å². The maximum Gasteiger partial charge on any atom is 0.308 e. The number of esters is 1. The molecule has 0 saturated heterocycles. The number of hydrogen-bond donors (Lipinski definition) is 2. The summed E-state index contributed by atoms with van der Waals surface area (Å²) >= 11 is 3.42. The Bertz CT molecular complexity index is 596. The Morgan fingerprint density at radius 1 is 1.30 bits per heavy atom. The molecule has 0 spiro atoms. The number of benzene rings is 1. The Hall–Kier alpha value is -1.56. The fourth-order valence-electron chi connectivity index (χ4n) is 3.10. The van der Waals surface area contributed by atoms with Crippen molar-refractivity contribution in [1.82, 2.24) is 5.32 Å². The SMILES string of the molecule is COC(=O)[C@H]1CC[C@H](CNC(=O)c2c(N)ccc(Br)c2C)CC1. The second-order valence-corrected chi connectivity index (χ2v) is 6.94. The molecule has 2 rings (SSSR count). The van der Waals surface area contributed by atoms with E-state index in [9.17, 15) is 9.59 Å². The zero-order valence-corrected chi connectivity index (χ0v) is 15.1. The van der Waals surface area contributed by atoms with Gasteiger partial charge in [0.05, 0.1) is 18.6 Å². The molecule has 6 heteroatoms. The fraction of sp³-hybridized carbons (Fsp3) is 0.529. The van der Waals surface area contributed by atoms with Gasteiger partial charge in [-0.05, 0) is 56.2 Å². The van der Waals surface area contributed by atoms with Gasteiger partial charge in [-0.1, -0.05) is 15.9 Å². The van der Waals surface area contributed by atoms with Crippen LogP contribution in [0.5, 0.6) is 0 Å². The van der Waals surface area contributed by atoms with Gasteiger partial charge < -0.3 is 15.8 Å². The lowest BCUT2D eigenvalue weighted by Crippen LogP contribution is -2.33. The van der Waals surface area contributed by atoms with E-state index in [1.165, 1.54) is 7.11 Å².